The van der Waals surface area contributed by atoms with E-state index in [9.17, 15) is 13.6 Å². The Labute approximate surface area is 193 Å². The van der Waals surface area contributed by atoms with Gasteiger partial charge in [-0.05, 0) is 31.2 Å². The Hall–Kier alpha value is -3.78. The summed E-state index contributed by atoms with van der Waals surface area (Å²) in [7, 11) is 0. The lowest BCUT2D eigenvalue weighted by atomic mass is 10.1. The van der Waals surface area contributed by atoms with Gasteiger partial charge in [0.05, 0.1) is 5.69 Å². The quantitative estimate of drug-likeness (QED) is 0.339. The maximum absolute atomic E-state index is 14.0. The molecule has 0 atom stereocenters. The molecule has 8 heteroatoms. The van der Waals surface area contributed by atoms with Crippen LogP contribution in [0.15, 0.2) is 72.1 Å². The van der Waals surface area contributed by atoms with E-state index in [1.54, 1.807) is 42.5 Å². The number of rotatable bonds is 8. The van der Waals surface area contributed by atoms with Gasteiger partial charge in [0.25, 0.3) is 5.91 Å². The fraction of sp³-hybridized carbons (Fsp3) is 0.120. The molecule has 0 saturated carbocycles. The van der Waals surface area contributed by atoms with Crippen molar-refractivity contribution in [2.45, 2.75) is 20.1 Å². The first kappa shape index (κ1) is 22.4. The highest BCUT2D eigenvalue weighted by Gasteiger charge is 2.14. The van der Waals surface area contributed by atoms with Crippen LogP contribution < -0.4 is 14.8 Å². The molecule has 3 aromatic carbocycles. The number of anilines is 1. The third kappa shape index (κ3) is 5.93. The zero-order chi connectivity index (χ0) is 23.2. The molecule has 0 radical (unpaired) electrons. The van der Waals surface area contributed by atoms with Crippen LogP contribution in [-0.2, 0) is 13.2 Å². The molecule has 0 aliphatic heterocycles. The average molecular weight is 467 g/mol. The molecule has 0 saturated heterocycles. The maximum atomic E-state index is 14.0. The number of amides is 1. The molecule has 0 spiro atoms. The number of halogens is 2. The van der Waals surface area contributed by atoms with Crippen molar-refractivity contribution in [2.75, 3.05) is 5.32 Å². The highest BCUT2D eigenvalue weighted by Crippen LogP contribution is 2.26. The van der Waals surface area contributed by atoms with Crippen molar-refractivity contribution in [1.82, 2.24) is 4.98 Å². The normalized spacial score (nSPS) is 10.6. The second kappa shape index (κ2) is 10.2. The summed E-state index contributed by atoms with van der Waals surface area (Å²) in [5.41, 5.74) is 1.81. The number of carbonyl (C=O) groups excluding carboxylic acids is 1. The van der Waals surface area contributed by atoms with Crippen molar-refractivity contribution in [2.24, 2.45) is 0 Å². The lowest BCUT2D eigenvalue weighted by Crippen LogP contribution is -2.12. The Morgan fingerprint density at radius 2 is 1.45 bits per heavy atom. The maximum Gasteiger partial charge on any atom is 0.257 e. The Kier molecular flexibility index (Phi) is 6.95. The molecule has 0 aliphatic rings. The van der Waals surface area contributed by atoms with Gasteiger partial charge in [-0.2, -0.15) is 0 Å². The van der Waals surface area contributed by atoms with E-state index in [-0.39, 0.29) is 30.4 Å². The van der Waals surface area contributed by atoms with Gasteiger partial charge in [-0.1, -0.05) is 36.4 Å². The standard InChI is InChI=1S/C25H20F2N2O3S/c1-16-15-33-25(28-16)29-24(30)19-10-20(31-13-17-6-2-4-8-22(17)26)12-21(11-19)32-14-18-7-3-5-9-23(18)27/h2-12,15H,13-14H2,1H3,(H,28,29,30). The van der Waals surface area contributed by atoms with Crippen LogP contribution in [0.5, 0.6) is 11.5 Å². The molecule has 1 aromatic heterocycles. The molecule has 168 valence electrons. The predicted octanol–water partition coefficient (Wildman–Crippen LogP) is 6.14. The van der Waals surface area contributed by atoms with Crippen LogP contribution in [0.2, 0.25) is 0 Å². The van der Waals surface area contributed by atoms with Crippen LogP contribution in [0.25, 0.3) is 0 Å². The lowest BCUT2D eigenvalue weighted by molar-refractivity contribution is 0.102. The molecule has 1 N–H and O–H groups in total. The zero-order valence-electron chi connectivity index (χ0n) is 17.7. The van der Waals surface area contributed by atoms with Crippen molar-refractivity contribution in [3.05, 3.63) is 106 Å². The number of thiazole rings is 1. The van der Waals surface area contributed by atoms with E-state index in [2.05, 4.69) is 10.3 Å². The summed E-state index contributed by atoms with van der Waals surface area (Å²) >= 11 is 1.31. The summed E-state index contributed by atoms with van der Waals surface area (Å²) in [5, 5.41) is 5.02. The van der Waals surface area contributed by atoms with Gasteiger partial charge in [0, 0.05) is 28.1 Å². The molecule has 0 aliphatic carbocycles. The molecule has 1 amide bonds. The molecular formula is C25H20F2N2O3S. The first-order valence-electron chi connectivity index (χ1n) is 10.1. The van der Waals surface area contributed by atoms with Crippen LogP contribution in [0.1, 0.15) is 27.2 Å². The summed E-state index contributed by atoms with van der Waals surface area (Å²) in [5.74, 6) is -0.561. The molecule has 0 fully saturated rings. The molecule has 0 bridgehead atoms. The van der Waals surface area contributed by atoms with Crippen LogP contribution in [0, 0.1) is 18.6 Å². The summed E-state index contributed by atoms with van der Waals surface area (Å²) in [6, 6.07) is 17.2. The summed E-state index contributed by atoms with van der Waals surface area (Å²) in [6.07, 6.45) is 0. The molecule has 4 rings (SSSR count). The van der Waals surface area contributed by atoms with Crippen molar-refractivity contribution in [3.8, 4) is 11.5 Å². The molecule has 5 nitrogen and oxygen atoms in total. The number of hydrogen-bond acceptors (Lipinski definition) is 5. The second-order valence-corrected chi connectivity index (χ2v) is 8.06. The van der Waals surface area contributed by atoms with Gasteiger partial charge in [-0.25, -0.2) is 13.8 Å². The SMILES string of the molecule is Cc1csc(NC(=O)c2cc(OCc3ccccc3F)cc(OCc3ccccc3F)c2)n1. The first-order valence-corrected chi connectivity index (χ1v) is 11.0. The van der Waals surface area contributed by atoms with E-state index in [1.807, 2.05) is 12.3 Å². The number of ether oxygens (including phenoxy) is 2. The first-order chi connectivity index (χ1) is 16.0. The fourth-order valence-corrected chi connectivity index (χ4v) is 3.69. The predicted molar refractivity (Wildman–Crippen MR) is 123 cm³/mol. The third-order valence-corrected chi connectivity index (χ3v) is 5.56. The smallest absolute Gasteiger partial charge is 0.257 e. The van der Waals surface area contributed by atoms with Gasteiger partial charge in [-0.15, -0.1) is 11.3 Å². The summed E-state index contributed by atoms with van der Waals surface area (Å²) in [4.78, 5) is 17.0. The van der Waals surface area contributed by atoms with Gasteiger partial charge in [0.1, 0.15) is 36.3 Å². The molecule has 1 heterocycles. The van der Waals surface area contributed by atoms with Gasteiger partial charge in [-0.3, -0.25) is 10.1 Å². The zero-order valence-corrected chi connectivity index (χ0v) is 18.5. The Morgan fingerprint density at radius 3 is 1.94 bits per heavy atom. The minimum absolute atomic E-state index is 0.0316. The lowest BCUT2D eigenvalue weighted by Gasteiger charge is -2.13. The van der Waals surface area contributed by atoms with Gasteiger partial charge in [0.15, 0.2) is 5.13 Å². The van der Waals surface area contributed by atoms with Crippen molar-refractivity contribution in [3.63, 3.8) is 0 Å². The fourth-order valence-electron chi connectivity index (χ4n) is 3.00. The molecule has 33 heavy (non-hydrogen) atoms. The van der Waals surface area contributed by atoms with Crippen molar-refractivity contribution >= 4 is 22.4 Å². The van der Waals surface area contributed by atoms with E-state index >= 15 is 0 Å². The van der Waals surface area contributed by atoms with Crippen molar-refractivity contribution < 1.29 is 23.0 Å². The number of aromatic nitrogens is 1. The second-order valence-electron chi connectivity index (χ2n) is 7.20. The largest absolute Gasteiger partial charge is 0.489 e. The van der Waals surface area contributed by atoms with Gasteiger partial charge < -0.3 is 9.47 Å². The van der Waals surface area contributed by atoms with E-state index in [1.165, 1.54) is 35.6 Å². The number of hydrogen-bond donors (Lipinski definition) is 1. The van der Waals surface area contributed by atoms with Crippen LogP contribution in [-0.4, -0.2) is 10.9 Å². The Balaban J connectivity index is 1.56. The number of nitrogens with one attached hydrogen (secondary N) is 1. The van der Waals surface area contributed by atoms with Crippen LogP contribution in [0.3, 0.4) is 0 Å². The Bertz CT molecular complexity index is 1210. The minimum atomic E-state index is -0.406. The highest BCUT2D eigenvalue weighted by atomic mass is 32.1. The van der Waals surface area contributed by atoms with Crippen LogP contribution >= 0.6 is 11.3 Å². The number of benzene rings is 3. The summed E-state index contributed by atoms with van der Waals surface area (Å²) < 4.78 is 39.4. The number of aryl methyl sites for hydroxylation is 1. The van der Waals surface area contributed by atoms with E-state index < -0.39 is 5.91 Å². The van der Waals surface area contributed by atoms with E-state index in [4.69, 9.17) is 9.47 Å². The number of nitrogens with zero attached hydrogens (tertiary/aromatic N) is 1. The van der Waals surface area contributed by atoms with Crippen LogP contribution in [0.4, 0.5) is 13.9 Å². The topological polar surface area (TPSA) is 60.5 Å². The third-order valence-electron chi connectivity index (χ3n) is 4.69. The van der Waals surface area contributed by atoms with Gasteiger partial charge in [0.2, 0.25) is 0 Å². The highest BCUT2D eigenvalue weighted by molar-refractivity contribution is 7.13. The molecule has 4 aromatic rings. The minimum Gasteiger partial charge on any atom is -0.489 e. The average Bonchev–Trinajstić information content (AvgIpc) is 3.22. The Morgan fingerprint density at radius 1 is 0.909 bits per heavy atom. The number of carbonyl (C=O) groups is 1. The van der Waals surface area contributed by atoms with Gasteiger partial charge >= 0.3 is 0 Å². The molecular weight excluding hydrogens is 446 g/mol. The summed E-state index contributed by atoms with van der Waals surface area (Å²) in [6.45, 7) is 1.77. The monoisotopic (exact) mass is 466 g/mol. The van der Waals surface area contributed by atoms with Crippen molar-refractivity contribution in [1.29, 1.82) is 0 Å². The van der Waals surface area contributed by atoms with E-state index in [0.717, 1.165) is 5.69 Å². The van der Waals surface area contributed by atoms with E-state index in [0.29, 0.717) is 27.8 Å². The molecule has 0 unspecified atom stereocenters.